The lowest BCUT2D eigenvalue weighted by molar-refractivity contribution is -0.141. The summed E-state index contributed by atoms with van der Waals surface area (Å²) in [6, 6.07) is 4.29. The Hall–Kier alpha value is -1.75. The Bertz CT molecular complexity index is 413. The van der Waals surface area contributed by atoms with E-state index in [-0.39, 0.29) is 17.5 Å². The molecule has 2 unspecified atom stereocenters. The molecule has 2 atom stereocenters. The minimum Gasteiger partial charge on any atom is -0.507 e. The van der Waals surface area contributed by atoms with E-state index < -0.39 is 11.9 Å². The van der Waals surface area contributed by atoms with Crippen molar-refractivity contribution in [3.05, 3.63) is 23.8 Å². The number of carboxylic acid groups (broad SMARTS) is 1. The minimum atomic E-state index is -0.865. The molecule has 100 valence electrons. The van der Waals surface area contributed by atoms with Gasteiger partial charge in [0.15, 0.2) is 0 Å². The van der Waals surface area contributed by atoms with Crippen molar-refractivity contribution in [2.75, 3.05) is 13.6 Å². The van der Waals surface area contributed by atoms with E-state index in [9.17, 15) is 15.0 Å². The molecule has 0 aliphatic heterocycles. The fraction of sp³-hybridized carbons (Fsp3) is 0.462. The molecule has 0 fully saturated rings. The fourth-order valence-electron chi connectivity index (χ4n) is 1.86. The summed E-state index contributed by atoms with van der Waals surface area (Å²) in [5.41, 5.74) is 0.414. The van der Waals surface area contributed by atoms with E-state index in [0.717, 1.165) is 0 Å². The van der Waals surface area contributed by atoms with E-state index in [1.54, 1.807) is 24.9 Å². The van der Waals surface area contributed by atoms with Gasteiger partial charge in [-0.05, 0) is 26.1 Å². The van der Waals surface area contributed by atoms with Gasteiger partial charge < -0.3 is 15.3 Å². The zero-order valence-electron chi connectivity index (χ0n) is 10.8. The number of carboxylic acids is 1. The molecule has 0 saturated heterocycles. The standard InChI is InChI=1S/C13H19NO4/c1-8(13(17)18)7-14(3)9(2)12-10(15)5-4-6-11(12)16/h4-6,8-9,15-16H,7H2,1-3H3,(H,17,18). The summed E-state index contributed by atoms with van der Waals surface area (Å²) in [4.78, 5) is 12.6. The molecular weight excluding hydrogens is 234 g/mol. The van der Waals surface area contributed by atoms with Gasteiger partial charge in [0.05, 0.1) is 11.5 Å². The Balaban J connectivity index is 2.86. The first-order chi connectivity index (χ1) is 8.34. The predicted octanol–water partition coefficient (Wildman–Crippen LogP) is 1.81. The number of hydrogen-bond acceptors (Lipinski definition) is 4. The first-order valence-electron chi connectivity index (χ1n) is 5.78. The van der Waals surface area contributed by atoms with Crippen LogP contribution in [-0.4, -0.2) is 39.8 Å². The quantitative estimate of drug-likeness (QED) is 0.745. The van der Waals surface area contributed by atoms with Gasteiger partial charge in [0.25, 0.3) is 0 Å². The minimum absolute atomic E-state index is 0.0114. The molecule has 0 aromatic heterocycles. The highest BCUT2D eigenvalue weighted by Crippen LogP contribution is 2.35. The number of aromatic hydroxyl groups is 2. The van der Waals surface area contributed by atoms with Crippen LogP contribution in [0.1, 0.15) is 25.5 Å². The van der Waals surface area contributed by atoms with Crippen LogP contribution >= 0.6 is 0 Å². The van der Waals surface area contributed by atoms with Gasteiger partial charge in [0, 0.05) is 12.6 Å². The monoisotopic (exact) mass is 253 g/mol. The van der Waals surface area contributed by atoms with Gasteiger partial charge in [0.2, 0.25) is 0 Å². The molecule has 0 spiro atoms. The molecule has 0 aliphatic carbocycles. The summed E-state index contributed by atoms with van der Waals surface area (Å²) in [6.07, 6.45) is 0. The third kappa shape index (κ3) is 3.13. The first-order valence-corrected chi connectivity index (χ1v) is 5.78. The molecule has 1 aromatic carbocycles. The second-order valence-corrected chi connectivity index (χ2v) is 4.56. The molecule has 18 heavy (non-hydrogen) atoms. The Labute approximate surface area is 106 Å². The van der Waals surface area contributed by atoms with E-state index in [0.29, 0.717) is 12.1 Å². The van der Waals surface area contributed by atoms with Crippen LogP contribution in [0.25, 0.3) is 0 Å². The Kier molecular flexibility index (Phi) is 4.55. The van der Waals surface area contributed by atoms with Crippen molar-refractivity contribution >= 4 is 5.97 Å². The average Bonchev–Trinajstić information content (AvgIpc) is 2.28. The van der Waals surface area contributed by atoms with Gasteiger partial charge in [-0.1, -0.05) is 13.0 Å². The van der Waals surface area contributed by atoms with Crippen molar-refractivity contribution in [3.63, 3.8) is 0 Å². The van der Waals surface area contributed by atoms with Crippen LogP contribution in [0.4, 0.5) is 0 Å². The lowest BCUT2D eigenvalue weighted by Crippen LogP contribution is -2.30. The number of nitrogens with zero attached hydrogens (tertiary/aromatic N) is 1. The van der Waals surface area contributed by atoms with E-state index in [1.165, 1.54) is 12.1 Å². The number of hydrogen-bond donors (Lipinski definition) is 3. The molecule has 0 amide bonds. The van der Waals surface area contributed by atoms with Crippen molar-refractivity contribution in [1.82, 2.24) is 4.90 Å². The molecule has 0 saturated carbocycles. The van der Waals surface area contributed by atoms with Crippen molar-refractivity contribution in [2.24, 2.45) is 5.92 Å². The van der Waals surface area contributed by atoms with Gasteiger partial charge in [-0.15, -0.1) is 0 Å². The molecule has 0 radical (unpaired) electrons. The largest absolute Gasteiger partial charge is 0.507 e. The van der Waals surface area contributed by atoms with Gasteiger partial charge >= 0.3 is 5.97 Å². The number of phenolic OH excluding ortho intramolecular Hbond substituents is 2. The molecule has 0 heterocycles. The molecule has 3 N–H and O–H groups in total. The van der Waals surface area contributed by atoms with Crippen LogP contribution in [0, 0.1) is 5.92 Å². The Morgan fingerprint density at radius 1 is 1.28 bits per heavy atom. The fourth-order valence-corrected chi connectivity index (χ4v) is 1.86. The molecule has 1 aromatic rings. The third-order valence-corrected chi connectivity index (χ3v) is 3.12. The van der Waals surface area contributed by atoms with Crippen LogP contribution in [-0.2, 0) is 4.79 Å². The highest BCUT2D eigenvalue weighted by molar-refractivity contribution is 5.69. The smallest absolute Gasteiger partial charge is 0.307 e. The maximum atomic E-state index is 10.8. The molecule has 1 rings (SSSR count). The molecular formula is C13H19NO4. The van der Waals surface area contributed by atoms with Gasteiger partial charge in [-0.25, -0.2) is 0 Å². The number of aliphatic carboxylic acids is 1. The lowest BCUT2D eigenvalue weighted by atomic mass is 10.0. The molecule has 5 nitrogen and oxygen atoms in total. The van der Waals surface area contributed by atoms with Crippen molar-refractivity contribution in [3.8, 4) is 11.5 Å². The summed E-state index contributed by atoms with van der Waals surface area (Å²) < 4.78 is 0. The number of phenols is 2. The van der Waals surface area contributed by atoms with Crippen LogP contribution < -0.4 is 0 Å². The highest BCUT2D eigenvalue weighted by atomic mass is 16.4. The van der Waals surface area contributed by atoms with Crippen molar-refractivity contribution in [2.45, 2.75) is 19.9 Å². The van der Waals surface area contributed by atoms with E-state index in [1.807, 2.05) is 6.92 Å². The number of rotatable bonds is 5. The van der Waals surface area contributed by atoms with Crippen LogP contribution in [0.5, 0.6) is 11.5 Å². The van der Waals surface area contributed by atoms with Crippen LogP contribution in [0.2, 0.25) is 0 Å². The lowest BCUT2D eigenvalue weighted by Gasteiger charge is -2.27. The van der Waals surface area contributed by atoms with Crippen LogP contribution in [0.3, 0.4) is 0 Å². The third-order valence-electron chi connectivity index (χ3n) is 3.12. The normalized spacial score (nSPS) is 14.4. The van der Waals surface area contributed by atoms with E-state index in [2.05, 4.69) is 0 Å². The zero-order valence-corrected chi connectivity index (χ0v) is 10.8. The van der Waals surface area contributed by atoms with Gasteiger partial charge in [-0.2, -0.15) is 0 Å². The second-order valence-electron chi connectivity index (χ2n) is 4.56. The second kappa shape index (κ2) is 5.73. The molecule has 0 bridgehead atoms. The number of carbonyl (C=O) groups is 1. The number of benzene rings is 1. The van der Waals surface area contributed by atoms with Crippen molar-refractivity contribution in [1.29, 1.82) is 0 Å². The maximum Gasteiger partial charge on any atom is 0.307 e. The Morgan fingerprint density at radius 2 is 1.78 bits per heavy atom. The predicted molar refractivity (Wildman–Crippen MR) is 67.6 cm³/mol. The average molecular weight is 253 g/mol. The Morgan fingerprint density at radius 3 is 2.22 bits per heavy atom. The summed E-state index contributed by atoms with van der Waals surface area (Å²) >= 11 is 0. The molecule has 5 heteroatoms. The SMILES string of the molecule is CC(CN(C)C(C)c1c(O)cccc1O)C(=O)O. The van der Waals surface area contributed by atoms with Gasteiger partial charge in [0.1, 0.15) is 11.5 Å². The van der Waals surface area contributed by atoms with Crippen molar-refractivity contribution < 1.29 is 20.1 Å². The molecule has 0 aliphatic rings. The summed E-state index contributed by atoms with van der Waals surface area (Å²) in [6.45, 7) is 3.77. The van der Waals surface area contributed by atoms with E-state index >= 15 is 0 Å². The summed E-state index contributed by atoms with van der Waals surface area (Å²) in [7, 11) is 1.76. The topological polar surface area (TPSA) is 81.0 Å². The first kappa shape index (κ1) is 14.3. The summed E-state index contributed by atoms with van der Waals surface area (Å²) in [5.74, 6) is -1.35. The highest BCUT2D eigenvalue weighted by Gasteiger charge is 2.22. The zero-order chi connectivity index (χ0) is 13.9. The van der Waals surface area contributed by atoms with Crippen LogP contribution in [0.15, 0.2) is 18.2 Å². The van der Waals surface area contributed by atoms with E-state index in [4.69, 9.17) is 5.11 Å². The summed E-state index contributed by atoms with van der Waals surface area (Å²) in [5, 5.41) is 28.4. The van der Waals surface area contributed by atoms with Gasteiger partial charge in [-0.3, -0.25) is 9.69 Å². The maximum absolute atomic E-state index is 10.8.